The number of benzene rings is 1. The maximum absolute atomic E-state index is 12.7. The summed E-state index contributed by atoms with van der Waals surface area (Å²) in [7, 11) is 0. The lowest BCUT2D eigenvalue weighted by molar-refractivity contribution is -0.198. The molecule has 0 aliphatic carbocycles. The molecule has 0 saturated carbocycles. The van der Waals surface area contributed by atoms with E-state index < -0.39 is 35.4 Å². The van der Waals surface area contributed by atoms with Gasteiger partial charge in [-0.2, -0.15) is 0 Å². The van der Waals surface area contributed by atoms with E-state index in [1.807, 2.05) is 0 Å². The molecule has 0 spiro atoms. The molecule has 1 unspecified atom stereocenters. The van der Waals surface area contributed by atoms with Gasteiger partial charge >= 0.3 is 5.97 Å². The first-order chi connectivity index (χ1) is 11.8. The molecular weight excluding hydrogens is 394 g/mol. The van der Waals surface area contributed by atoms with Crippen LogP contribution in [-0.4, -0.2) is 36.5 Å². The predicted octanol–water partition coefficient (Wildman–Crippen LogP) is 2.09. The maximum atomic E-state index is 12.7. The second-order valence-corrected chi connectivity index (χ2v) is 6.10. The zero-order valence-electron chi connectivity index (χ0n) is 13.8. The smallest absolute Gasteiger partial charge is 0.347 e. The van der Waals surface area contributed by atoms with Crippen LogP contribution in [0, 0.1) is 0 Å². The number of esters is 1. The maximum Gasteiger partial charge on any atom is 0.347 e. The number of Topliss-reactive ketones (excluding diaryl/α,β-unsaturated/α-hetero) is 2. The van der Waals surface area contributed by atoms with Gasteiger partial charge in [0.15, 0.2) is 11.4 Å². The van der Waals surface area contributed by atoms with Crippen LogP contribution in [0.1, 0.15) is 30.6 Å². The van der Waals surface area contributed by atoms with E-state index in [0.717, 1.165) is 4.47 Å². The molecule has 134 valence electrons. The van der Waals surface area contributed by atoms with Gasteiger partial charge in [-0.25, -0.2) is 4.79 Å². The van der Waals surface area contributed by atoms with Gasteiger partial charge in [0, 0.05) is 16.6 Å². The molecule has 0 aromatic heterocycles. The average Bonchev–Trinajstić information content (AvgIpc) is 2.79. The molecule has 0 saturated heterocycles. The molecule has 1 atom stereocenters. The summed E-state index contributed by atoms with van der Waals surface area (Å²) in [4.78, 5) is 37.2. The Bertz CT molecular complexity index is 727. The molecule has 2 N–H and O–H groups in total. The summed E-state index contributed by atoms with van der Waals surface area (Å²) in [5.41, 5.74) is 5.62. The quantitative estimate of drug-likeness (QED) is 0.415. The van der Waals surface area contributed by atoms with Crippen LogP contribution in [0.4, 0.5) is 0 Å². The molecule has 0 fully saturated rings. The highest BCUT2D eigenvalue weighted by Crippen LogP contribution is 2.34. The van der Waals surface area contributed by atoms with E-state index in [-0.39, 0.29) is 19.0 Å². The van der Waals surface area contributed by atoms with Crippen LogP contribution in [0.25, 0.3) is 0 Å². The Morgan fingerprint density at radius 2 is 1.84 bits per heavy atom. The largest absolute Gasteiger partial charge is 0.462 e. The number of hydrogen-bond acceptors (Lipinski definition) is 7. The van der Waals surface area contributed by atoms with Gasteiger partial charge in [0.05, 0.1) is 13.0 Å². The highest BCUT2D eigenvalue weighted by molar-refractivity contribution is 9.10. The molecule has 8 heteroatoms. The Morgan fingerprint density at radius 1 is 1.20 bits per heavy atom. The van der Waals surface area contributed by atoms with Crippen molar-refractivity contribution in [2.75, 3.05) is 13.2 Å². The molecule has 7 nitrogen and oxygen atoms in total. The number of ketones is 2. The summed E-state index contributed by atoms with van der Waals surface area (Å²) in [6.07, 6.45) is -0.412. The Labute approximate surface area is 153 Å². The zero-order chi connectivity index (χ0) is 18.6. The zero-order valence-corrected chi connectivity index (χ0v) is 15.4. The number of nitrogens with two attached hydrogens (primary N) is 1. The predicted molar refractivity (Wildman–Crippen MR) is 91.4 cm³/mol. The SMILES string of the molecule is CCOC(=O)C1=C(N)OC(CC(=O)c2ccc(Br)cc2)(OCC)C1=O. The highest BCUT2D eigenvalue weighted by Gasteiger charge is 2.54. The fourth-order valence-electron chi connectivity index (χ4n) is 2.42. The lowest BCUT2D eigenvalue weighted by atomic mass is 9.97. The van der Waals surface area contributed by atoms with Crippen molar-refractivity contribution in [3.05, 3.63) is 45.8 Å². The van der Waals surface area contributed by atoms with Gasteiger partial charge in [-0.15, -0.1) is 0 Å². The number of halogens is 1. The van der Waals surface area contributed by atoms with E-state index in [2.05, 4.69) is 15.9 Å². The normalized spacial score (nSPS) is 19.7. The van der Waals surface area contributed by atoms with Crippen molar-refractivity contribution in [2.24, 2.45) is 5.73 Å². The third kappa shape index (κ3) is 3.91. The van der Waals surface area contributed by atoms with Crippen LogP contribution < -0.4 is 5.73 Å². The summed E-state index contributed by atoms with van der Waals surface area (Å²) in [5, 5.41) is 0. The molecule has 0 bridgehead atoms. The summed E-state index contributed by atoms with van der Waals surface area (Å²) in [6.45, 7) is 3.40. The minimum Gasteiger partial charge on any atom is -0.462 e. The summed E-state index contributed by atoms with van der Waals surface area (Å²) in [5.74, 6) is -4.45. The minimum absolute atomic E-state index is 0.0718. The molecule has 1 aromatic carbocycles. The van der Waals surface area contributed by atoms with Crippen LogP contribution in [-0.2, 0) is 23.8 Å². The monoisotopic (exact) mass is 411 g/mol. The van der Waals surface area contributed by atoms with E-state index in [4.69, 9.17) is 19.9 Å². The van der Waals surface area contributed by atoms with Crippen LogP contribution >= 0.6 is 15.9 Å². The van der Waals surface area contributed by atoms with Gasteiger partial charge in [-0.05, 0) is 26.0 Å². The third-order valence-corrected chi connectivity index (χ3v) is 4.04. The number of carbonyl (C=O) groups excluding carboxylic acids is 3. The standard InChI is InChI=1S/C17H18BrNO6/c1-3-23-16(22)13-14(21)17(24-4-2,25-15(13)19)9-12(20)10-5-7-11(18)8-6-10/h5-8H,3-4,9,19H2,1-2H3. The van der Waals surface area contributed by atoms with Crippen molar-refractivity contribution >= 4 is 33.5 Å². The number of ether oxygens (including phenoxy) is 3. The number of rotatable bonds is 7. The lowest BCUT2D eigenvalue weighted by Crippen LogP contribution is -2.43. The van der Waals surface area contributed by atoms with Crippen LogP contribution in [0.15, 0.2) is 40.2 Å². The van der Waals surface area contributed by atoms with Crippen molar-refractivity contribution in [1.82, 2.24) is 0 Å². The Balaban J connectivity index is 2.28. The third-order valence-electron chi connectivity index (χ3n) is 3.51. The van der Waals surface area contributed by atoms with E-state index in [9.17, 15) is 14.4 Å². The van der Waals surface area contributed by atoms with Crippen molar-refractivity contribution in [3.63, 3.8) is 0 Å². The highest BCUT2D eigenvalue weighted by atomic mass is 79.9. The van der Waals surface area contributed by atoms with Gasteiger partial charge in [-0.1, -0.05) is 28.1 Å². The second kappa shape index (κ2) is 7.79. The van der Waals surface area contributed by atoms with Gasteiger partial charge in [-0.3, -0.25) is 9.59 Å². The van der Waals surface area contributed by atoms with Crippen LogP contribution in [0.5, 0.6) is 0 Å². The lowest BCUT2D eigenvalue weighted by Gasteiger charge is -2.26. The molecule has 1 aliphatic heterocycles. The molecule has 1 heterocycles. The molecule has 2 rings (SSSR count). The van der Waals surface area contributed by atoms with Crippen molar-refractivity contribution in [2.45, 2.75) is 26.1 Å². The van der Waals surface area contributed by atoms with Crippen LogP contribution in [0.2, 0.25) is 0 Å². The Morgan fingerprint density at radius 3 is 2.40 bits per heavy atom. The van der Waals surface area contributed by atoms with Crippen molar-refractivity contribution in [3.8, 4) is 0 Å². The molecule has 0 radical (unpaired) electrons. The van der Waals surface area contributed by atoms with E-state index >= 15 is 0 Å². The van der Waals surface area contributed by atoms with E-state index in [1.165, 1.54) is 0 Å². The number of carbonyl (C=O) groups is 3. The Hall–Kier alpha value is -2.19. The fraction of sp³-hybridized carbons (Fsp3) is 0.353. The molecular formula is C17H18BrNO6. The molecule has 1 aromatic rings. The first-order valence-electron chi connectivity index (χ1n) is 7.68. The average molecular weight is 412 g/mol. The fourth-order valence-corrected chi connectivity index (χ4v) is 2.68. The van der Waals surface area contributed by atoms with E-state index in [0.29, 0.717) is 5.56 Å². The van der Waals surface area contributed by atoms with Gasteiger partial charge < -0.3 is 19.9 Å². The first kappa shape index (κ1) is 19.1. The summed E-state index contributed by atoms with van der Waals surface area (Å²) >= 11 is 3.28. The van der Waals surface area contributed by atoms with Gasteiger partial charge in [0.25, 0.3) is 5.79 Å². The first-order valence-corrected chi connectivity index (χ1v) is 8.47. The Kier molecular flexibility index (Phi) is 5.97. The van der Waals surface area contributed by atoms with Crippen molar-refractivity contribution in [1.29, 1.82) is 0 Å². The van der Waals surface area contributed by atoms with Crippen LogP contribution in [0.3, 0.4) is 0 Å². The molecule has 0 amide bonds. The molecule has 25 heavy (non-hydrogen) atoms. The number of hydrogen-bond donors (Lipinski definition) is 1. The summed E-state index contributed by atoms with van der Waals surface area (Å²) < 4.78 is 16.4. The van der Waals surface area contributed by atoms with Gasteiger partial charge in [0.2, 0.25) is 11.7 Å². The second-order valence-electron chi connectivity index (χ2n) is 5.18. The topological polar surface area (TPSA) is 105 Å². The minimum atomic E-state index is -1.95. The van der Waals surface area contributed by atoms with Gasteiger partial charge in [0.1, 0.15) is 0 Å². The van der Waals surface area contributed by atoms with E-state index in [1.54, 1.807) is 38.1 Å². The molecule has 1 aliphatic rings. The van der Waals surface area contributed by atoms with Crippen molar-refractivity contribution < 1.29 is 28.6 Å². The summed E-state index contributed by atoms with van der Waals surface area (Å²) in [6, 6.07) is 6.62.